The number of ether oxygens (including phenoxy) is 1. The van der Waals surface area contributed by atoms with Crippen molar-refractivity contribution in [3.05, 3.63) is 16.5 Å². The lowest BCUT2D eigenvalue weighted by atomic mass is 10.2. The van der Waals surface area contributed by atoms with Gasteiger partial charge >= 0.3 is 5.97 Å². The molecular formula is C11H13NO4S. The molecule has 1 fully saturated rings. The summed E-state index contributed by atoms with van der Waals surface area (Å²) >= 11 is 1.26. The maximum atomic E-state index is 11.8. The van der Waals surface area contributed by atoms with E-state index in [1.807, 2.05) is 0 Å². The summed E-state index contributed by atoms with van der Waals surface area (Å²) in [7, 11) is 0. The summed E-state index contributed by atoms with van der Waals surface area (Å²) in [6.45, 7) is 2.40. The fraction of sp³-hybridized carbons (Fsp3) is 0.455. The number of carbonyl (C=O) groups is 2. The number of hydrogen-bond donors (Lipinski definition) is 2. The summed E-state index contributed by atoms with van der Waals surface area (Å²) < 4.78 is 5.24. The first-order chi connectivity index (χ1) is 8.08. The Labute approximate surface area is 102 Å². The Morgan fingerprint density at radius 1 is 1.59 bits per heavy atom. The molecule has 1 aliphatic heterocycles. The van der Waals surface area contributed by atoms with Crippen LogP contribution >= 0.6 is 11.3 Å². The Morgan fingerprint density at radius 3 is 2.94 bits per heavy atom. The van der Waals surface area contributed by atoms with Crippen molar-refractivity contribution in [3.8, 4) is 0 Å². The summed E-state index contributed by atoms with van der Waals surface area (Å²) in [4.78, 5) is 23.6. The first-order valence-electron chi connectivity index (χ1n) is 5.34. The topological polar surface area (TPSA) is 75.6 Å². The van der Waals surface area contributed by atoms with Crippen LogP contribution in [0.1, 0.15) is 28.1 Å². The molecular weight excluding hydrogens is 242 g/mol. The molecule has 0 unspecified atom stereocenters. The van der Waals surface area contributed by atoms with E-state index in [4.69, 9.17) is 9.84 Å². The molecule has 6 heteroatoms. The summed E-state index contributed by atoms with van der Waals surface area (Å²) in [6.07, 6.45) is 1.12. The van der Waals surface area contributed by atoms with Crippen LogP contribution in [0.5, 0.6) is 0 Å². The molecule has 1 aromatic heterocycles. The number of amides is 1. The molecule has 1 atom stereocenters. The van der Waals surface area contributed by atoms with Gasteiger partial charge in [-0.25, -0.2) is 4.79 Å². The first kappa shape index (κ1) is 12.1. The van der Waals surface area contributed by atoms with Gasteiger partial charge in [-0.3, -0.25) is 4.79 Å². The normalized spacial score (nSPS) is 19.2. The van der Waals surface area contributed by atoms with E-state index in [0.29, 0.717) is 18.0 Å². The summed E-state index contributed by atoms with van der Waals surface area (Å²) in [5, 5.41) is 12.0. The van der Waals surface area contributed by atoms with Crippen LogP contribution in [-0.2, 0) is 9.53 Å². The van der Waals surface area contributed by atoms with Gasteiger partial charge in [-0.2, -0.15) is 0 Å². The average Bonchev–Trinajstić information content (AvgIpc) is 2.86. The van der Waals surface area contributed by atoms with E-state index in [1.165, 1.54) is 11.3 Å². The molecule has 1 saturated heterocycles. The van der Waals surface area contributed by atoms with Crippen molar-refractivity contribution >= 4 is 28.2 Å². The number of aromatic carboxylic acids is 1. The third-order valence-corrected chi connectivity index (χ3v) is 3.51. The van der Waals surface area contributed by atoms with E-state index in [1.54, 1.807) is 13.0 Å². The highest BCUT2D eigenvalue weighted by molar-refractivity contribution is 7.16. The molecule has 92 valence electrons. The van der Waals surface area contributed by atoms with Crippen LogP contribution in [0.25, 0.3) is 0 Å². The molecule has 0 spiro atoms. The van der Waals surface area contributed by atoms with Crippen molar-refractivity contribution < 1.29 is 19.4 Å². The highest BCUT2D eigenvalue weighted by atomic mass is 32.1. The van der Waals surface area contributed by atoms with E-state index in [2.05, 4.69) is 5.32 Å². The van der Waals surface area contributed by atoms with Crippen molar-refractivity contribution in [1.82, 2.24) is 0 Å². The molecule has 0 saturated carbocycles. The number of rotatable bonds is 3. The molecule has 2 N–H and O–H groups in total. The van der Waals surface area contributed by atoms with Gasteiger partial charge in [0.2, 0.25) is 0 Å². The Bertz CT molecular complexity index is 448. The monoisotopic (exact) mass is 255 g/mol. The zero-order chi connectivity index (χ0) is 12.4. The van der Waals surface area contributed by atoms with Gasteiger partial charge in [0.1, 0.15) is 11.1 Å². The number of carbonyl (C=O) groups excluding carboxylic acids is 1. The summed E-state index contributed by atoms with van der Waals surface area (Å²) in [5.74, 6) is -1.29. The number of thiophene rings is 1. The third-order valence-electron chi connectivity index (χ3n) is 2.54. The fourth-order valence-electron chi connectivity index (χ4n) is 1.74. The maximum Gasteiger partial charge on any atom is 0.338 e. The first-order valence-corrected chi connectivity index (χ1v) is 6.16. The van der Waals surface area contributed by atoms with Gasteiger partial charge in [0.15, 0.2) is 0 Å². The van der Waals surface area contributed by atoms with Crippen LogP contribution in [0.2, 0.25) is 0 Å². The molecule has 0 aromatic carbocycles. The molecule has 17 heavy (non-hydrogen) atoms. The van der Waals surface area contributed by atoms with E-state index in [0.717, 1.165) is 11.3 Å². The van der Waals surface area contributed by atoms with Crippen LogP contribution in [0.4, 0.5) is 5.00 Å². The highest BCUT2D eigenvalue weighted by Crippen LogP contribution is 2.28. The lowest BCUT2D eigenvalue weighted by Crippen LogP contribution is -2.27. The fourth-order valence-corrected chi connectivity index (χ4v) is 2.65. The molecule has 1 aliphatic rings. The molecule has 0 bridgehead atoms. The van der Waals surface area contributed by atoms with Crippen molar-refractivity contribution in [2.45, 2.75) is 25.9 Å². The van der Waals surface area contributed by atoms with E-state index in [9.17, 15) is 9.59 Å². The SMILES string of the molecule is Cc1cc(C(=O)O)c(NC(=O)[C@@H]2CCCO2)s1. The summed E-state index contributed by atoms with van der Waals surface area (Å²) in [5.41, 5.74) is 0.138. The van der Waals surface area contributed by atoms with E-state index in [-0.39, 0.29) is 11.5 Å². The van der Waals surface area contributed by atoms with Gasteiger partial charge in [0.25, 0.3) is 5.91 Å². The van der Waals surface area contributed by atoms with Crippen LogP contribution < -0.4 is 5.32 Å². The number of hydrogen-bond acceptors (Lipinski definition) is 4. The Balaban J connectivity index is 2.12. The number of carboxylic acid groups (broad SMARTS) is 1. The highest BCUT2D eigenvalue weighted by Gasteiger charge is 2.25. The predicted octanol–water partition coefficient (Wildman–Crippen LogP) is 1.87. The predicted molar refractivity (Wildman–Crippen MR) is 63.6 cm³/mol. The van der Waals surface area contributed by atoms with Gasteiger partial charge in [0, 0.05) is 11.5 Å². The van der Waals surface area contributed by atoms with Crippen molar-refractivity contribution in [3.63, 3.8) is 0 Å². The summed E-state index contributed by atoms with van der Waals surface area (Å²) in [6, 6.07) is 1.55. The van der Waals surface area contributed by atoms with Crippen LogP contribution in [0, 0.1) is 6.92 Å². The van der Waals surface area contributed by atoms with Crippen molar-refractivity contribution in [2.75, 3.05) is 11.9 Å². The van der Waals surface area contributed by atoms with Gasteiger partial charge in [-0.15, -0.1) is 11.3 Å². The van der Waals surface area contributed by atoms with Gasteiger partial charge in [-0.1, -0.05) is 0 Å². The Morgan fingerprint density at radius 2 is 2.35 bits per heavy atom. The number of aryl methyl sites for hydroxylation is 1. The standard InChI is InChI=1S/C11H13NO4S/c1-6-5-7(11(14)15)10(17-6)12-9(13)8-3-2-4-16-8/h5,8H,2-4H2,1H3,(H,12,13)(H,14,15)/t8-/m0/s1. The van der Waals surface area contributed by atoms with Crippen LogP contribution in [0.3, 0.4) is 0 Å². The number of anilines is 1. The molecule has 5 nitrogen and oxygen atoms in total. The number of nitrogens with one attached hydrogen (secondary N) is 1. The second-order valence-electron chi connectivity index (χ2n) is 3.90. The number of carboxylic acids is 1. The Hall–Kier alpha value is -1.40. The average molecular weight is 255 g/mol. The lowest BCUT2D eigenvalue weighted by molar-refractivity contribution is -0.124. The quantitative estimate of drug-likeness (QED) is 0.864. The van der Waals surface area contributed by atoms with Crippen LogP contribution in [-0.4, -0.2) is 29.7 Å². The van der Waals surface area contributed by atoms with Gasteiger partial charge in [-0.05, 0) is 25.8 Å². The smallest absolute Gasteiger partial charge is 0.338 e. The van der Waals surface area contributed by atoms with Gasteiger partial charge in [0.05, 0.1) is 5.56 Å². The van der Waals surface area contributed by atoms with Crippen molar-refractivity contribution in [2.24, 2.45) is 0 Å². The molecule has 0 aliphatic carbocycles. The van der Waals surface area contributed by atoms with E-state index >= 15 is 0 Å². The molecule has 0 radical (unpaired) electrons. The van der Waals surface area contributed by atoms with Gasteiger partial charge < -0.3 is 15.2 Å². The zero-order valence-electron chi connectivity index (χ0n) is 9.36. The second kappa shape index (κ2) is 4.85. The van der Waals surface area contributed by atoms with E-state index < -0.39 is 12.1 Å². The minimum atomic E-state index is -1.03. The lowest BCUT2D eigenvalue weighted by Gasteiger charge is -2.09. The largest absolute Gasteiger partial charge is 0.478 e. The molecule has 1 amide bonds. The maximum absolute atomic E-state index is 11.8. The van der Waals surface area contributed by atoms with Crippen LogP contribution in [0.15, 0.2) is 6.07 Å². The Kier molecular flexibility index (Phi) is 3.44. The minimum absolute atomic E-state index is 0.138. The molecule has 2 heterocycles. The molecule has 2 rings (SSSR count). The van der Waals surface area contributed by atoms with Crippen molar-refractivity contribution in [1.29, 1.82) is 0 Å². The second-order valence-corrected chi connectivity index (χ2v) is 5.15. The zero-order valence-corrected chi connectivity index (χ0v) is 10.2. The third kappa shape index (κ3) is 2.65. The minimum Gasteiger partial charge on any atom is -0.478 e. The molecule has 1 aromatic rings.